The zero-order valence-corrected chi connectivity index (χ0v) is 21.1. The molecule has 0 bridgehead atoms. The summed E-state index contributed by atoms with van der Waals surface area (Å²) in [7, 11) is 1.75. The van der Waals surface area contributed by atoms with Crippen molar-refractivity contribution in [1.29, 1.82) is 0 Å². The lowest BCUT2D eigenvalue weighted by Crippen LogP contribution is -2.47. The summed E-state index contributed by atoms with van der Waals surface area (Å²) < 4.78 is 7.30. The zero-order valence-electron chi connectivity index (χ0n) is 21.1. The number of benzene rings is 2. The van der Waals surface area contributed by atoms with E-state index in [0.717, 1.165) is 73.3 Å². The summed E-state index contributed by atoms with van der Waals surface area (Å²) in [4.78, 5) is 21.2. The average Bonchev–Trinajstić information content (AvgIpc) is 3.36. The molecule has 2 N–H and O–H groups in total. The molecule has 8 nitrogen and oxygen atoms in total. The summed E-state index contributed by atoms with van der Waals surface area (Å²) in [5.41, 5.74) is 5.93. The van der Waals surface area contributed by atoms with Crippen molar-refractivity contribution in [1.82, 2.24) is 14.3 Å². The second kappa shape index (κ2) is 11.3. The van der Waals surface area contributed by atoms with Gasteiger partial charge < -0.3 is 24.7 Å². The molecule has 0 aliphatic carbocycles. The highest BCUT2D eigenvalue weighted by Crippen LogP contribution is 2.27. The van der Waals surface area contributed by atoms with Crippen LogP contribution in [-0.4, -0.2) is 66.6 Å². The molecule has 0 radical (unpaired) electrons. The first kappa shape index (κ1) is 24.5. The highest BCUT2D eigenvalue weighted by molar-refractivity contribution is 5.99. The molecule has 1 aliphatic rings. The third-order valence-electron chi connectivity index (χ3n) is 6.64. The molecule has 8 heteroatoms. The summed E-state index contributed by atoms with van der Waals surface area (Å²) >= 11 is 0. The summed E-state index contributed by atoms with van der Waals surface area (Å²) in [5.74, 6) is 0.517. The number of ether oxygens (including phenoxy) is 1. The Balaban J connectivity index is 1.28. The number of carbonyl (C=O) groups is 1. The Morgan fingerprint density at radius 1 is 1.05 bits per heavy atom. The van der Waals surface area contributed by atoms with Crippen LogP contribution in [-0.2, 0) is 9.53 Å². The Morgan fingerprint density at radius 3 is 2.62 bits per heavy atom. The van der Waals surface area contributed by atoms with Crippen LogP contribution in [0.3, 0.4) is 0 Å². The van der Waals surface area contributed by atoms with Gasteiger partial charge in [-0.25, -0.2) is 4.98 Å². The van der Waals surface area contributed by atoms with E-state index in [1.165, 1.54) is 11.8 Å². The number of carbonyl (C=O) groups excluding carboxylic acids is 1. The minimum atomic E-state index is -0.233. The van der Waals surface area contributed by atoms with Crippen molar-refractivity contribution >= 4 is 34.3 Å². The van der Waals surface area contributed by atoms with Crippen LogP contribution in [0.4, 0.5) is 22.9 Å². The Bertz CT molecular complexity index is 1370. The van der Waals surface area contributed by atoms with Crippen LogP contribution in [0.25, 0.3) is 16.8 Å². The van der Waals surface area contributed by atoms with Crippen LogP contribution in [0.5, 0.6) is 0 Å². The van der Waals surface area contributed by atoms with Gasteiger partial charge in [0.25, 0.3) is 0 Å². The van der Waals surface area contributed by atoms with Gasteiger partial charge in [-0.2, -0.15) is 0 Å². The Hall–Kier alpha value is -4.14. The van der Waals surface area contributed by atoms with E-state index < -0.39 is 0 Å². The van der Waals surface area contributed by atoms with Gasteiger partial charge in [-0.15, -0.1) is 0 Å². The molecule has 1 fully saturated rings. The van der Waals surface area contributed by atoms with Gasteiger partial charge in [0.2, 0.25) is 5.91 Å². The summed E-state index contributed by atoms with van der Waals surface area (Å²) in [6.07, 6.45) is 5.11. The fourth-order valence-corrected chi connectivity index (χ4v) is 4.61. The summed E-state index contributed by atoms with van der Waals surface area (Å²) in [6.45, 7) is 9.43. The van der Waals surface area contributed by atoms with Crippen molar-refractivity contribution in [2.75, 3.05) is 62.0 Å². The monoisotopic (exact) mass is 496 g/mol. The minimum Gasteiger partial charge on any atom is -0.383 e. The second-order valence-electron chi connectivity index (χ2n) is 9.05. The van der Waals surface area contributed by atoms with E-state index in [-0.39, 0.29) is 5.91 Å². The number of hydrogen-bond donors (Lipinski definition) is 2. The first-order valence-corrected chi connectivity index (χ1v) is 12.5. The van der Waals surface area contributed by atoms with Gasteiger partial charge in [0.1, 0.15) is 5.82 Å². The number of nitrogens with one attached hydrogen (secondary N) is 2. The highest BCUT2D eigenvalue weighted by atomic mass is 16.5. The van der Waals surface area contributed by atoms with Crippen molar-refractivity contribution in [2.24, 2.45) is 0 Å². The summed E-state index contributed by atoms with van der Waals surface area (Å²) in [5, 5.41) is 6.25. The smallest absolute Gasteiger partial charge is 0.247 e. The molecule has 190 valence electrons. The largest absolute Gasteiger partial charge is 0.383 e. The van der Waals surface area contributed by atoms with E-state index in [4.69, 9.17) is 4.74 Å². The second-order valence-corrected chi connectivity index (χ2v) is 9.05. The molecule has 0 atom stereocenters. The molecule has 1 amide bonds. The molecule has 0 spiro atoms. The number of hydrogen-bond acceptors (Lipinski definition) is 6. The van der Waals surface area contributed by atoms with Gasteiger partial charge in [-0.1, -0.05) is 18.7 Å². The van der Waals surface area contributed by atoms with E-state index in [1.807, 2.05) is 42.7 Å². The predicted molar refractivity (Wildman–Crippen MR) is 150 cm³/mol. The third kappa shape index (κ3) is 5.82. The molecule has 2 aromatic heterocycles. The van der Waals surface area contributed by atoms with Crippen molar-refractivity contribution in [3.63, 3.8) is 0 Å². The first-order valence-electron chi connectivity index (χ1n) is 12.5. The zero-order chi connectivity index (χ0) is 25.6. The van der Waals surface area contributed by atoms with Crippen molar-refractivity contribution in [2.45, 2.75) is 0 Å². The Labute approximate surface area is 217 Å². The van der Waals surface area contributed by atoms with Crippen LogP contribution in [0.15, 0.2) is 85.7 Å². The van der Waals surface area contributed by atoms with Gasteiger partial charge in [0.15, 0.2) is 0 Å². The molecule has 2 aromatic carbocycles. The number of piperazine rings is 1. The average molecular weight is 497 g/mol. The van der Waals surface area contributed by atoms with E-state index >= 15 is 0 Å². The maximum atomic E-state index is 11.7. The summed E-state index contributed by atoms with van der Waals surface area (Å²) in [6, 6.07) is 20.4. The number of anilines is 4. The van der Waals surface area contributed by atoms with Crippen LogP contribution >= 0.6 is 0 Å². The van der Waals surface area contributed by atoms with Crippen LogP contribution in [0.1, 0.15) is 0 Å². The van der Waals surface area contributed by atoms with Crippen LogP contribution in [0, 0.1) is 0 Å². The molecule has 1 saturated heterocycles. The molecule has 0 unspecified atom stereocenters. The Kier molecular flexibility index (Phi) is 7.49. The fourth-order valence-electron chi connectivity index (χ4n) is 4.61. The van der Waals surface area contributed by atoms with Gasteiger partial charge in [0.05, 0.1) is 30.2 Å². The van der Waals surface area contributed by atoms with Gasteiger partial charge >= 0.3 is 0 Å². The number of amides is 1. The van der Waals surface area contributed by atoms with Crippen LogP contribution < -0.4 is 15.5 Å². The molecular weight excluding hydrogens is 464 g/mol. The van der Waals surface area contributed by atoms with E-state index in [2.05, 4.69) is 66.7 Å². The number of methoxy groups -OCH3 is 1. The molecule has 0 saturated carbocycles. The molecule has 1 aliphatic heterocycles. The highest BCUT2D eigenvalue weighted by Gasteiger charge is 2.17. The van der Waals surface area contributed by atoms with Crippen molar-refractivity contribution in [3.05, 3.63) is 85.7 Å². The van der Waals surface area contributed by atoms with Gasteiger partial charge in [-0.3, -0.25) is 9.69 Å². The minimum absolute atomic E-state index is 0.233. The van der Waals surface area contributed by atoms with E-state index in [0.29, 0.717) is 0 Å². The normalized spacial score (nSPS) is 14.0. The SMILES string of the molecule is C=CC(=O)Nc1cccc(-c2ccc3cnc(Nc4ccc(N5CCN(CCOC)CC5)cc4)cn23)c1. The third-order valence-corrected chi connectivity index (χ3v) is 6.64. The van der Waals surface area contributed by atoms with Crippen molar-refractivity contribution in [3.8, 4) is 11.3 Å². The number of nitrogens with zero attached hydrogens (tertiary/aromatic N) is 4. The predicted octanol–water partition coefficient (Wildman–Crippen LogP) is 4.64. The van der Waals surface area contributed by atoms with Gasteiger partial charge in [0, 0.05) is 62.5 Å². The molecule has 37 heavy (non-hydrogen) atoms. The maximum Gasteiger partial charge on any atom is 0.247 e. The lowest BCUT2D eigenvalue weighted by atomic mass is 10.1. The number of rotatable bonds is 9. The number of aromatic nitrogens is 2. The quantitative estimate of drug-likeness (QED) is 0.329. The first-order chi connectivity index (χ1) is 18.1. The molecule has 5 rings (SSSR count). The van der Waals surface area contributed by atoms with Gasteiger partial charge in [-0.05, 0) is 54.6 Å². The molecule has 4 aromatic rings. The van der Waals surface area contributed by atoms with Crippen LogP contribution in [0.2, 0.25) is 0 Å². The number of fused-ring (bicyclic) bond motifs is 1. The Morgan fingerprint density at radius 2 is 1.86 bits per heavy atom. The lowest BCUT2D eigenvalue weighted by Gasteiger charge is -2.36. The van der Waals surface area contributed by atoms with E-state index in [1.54, 1.807) is 7.11 Å². The molecule has 3 heterocycles. The lowest BCUT2D eigenvalue weighted by molar-refractivity contribution is -0.111. The topological polar surface area (TPSA) is 74.1 Å². The standard InChI is InChI=1S/C29H32N6O2/c1-3-29(36)32-24-6-4-5-22(19-24)27-12-11-26-20-30-28(21-35(26)27)31-23-7-9-25(10-8-23)34-15-13-33(14-16-34)17-18-37-2/h3-12,19-21,31H,1,13-18H2,2H3,(H,32,36). The van der Waals surface area contributed by atoms with Crippen molar-refractivity contribution < 1.29 is 9.53 Å². The fraction of sp³-hybridized carbons (Fsp3) is 0.241. The molecular formula is C29H32N6O2. The maximum absolute atomic E-state index is 11.7. The van der Waals surface area contributed by atoms with E-state index in [9.17, 15) is 4.79 Å².